The van der Waals surface area contributed by atoms with Crippen molar-refractivity contribution in [3.63, 3.8) is 0 Å². The van der Waals surface area contributed by atoms with E-state index in [1.807, 2.05) is 24.3 Å². The molecule has 0 heterocycles. The minimum absolute atomic E-state index is 0.384. The third-order valence-corrected chi connectivity index (χ3v) is 4.51. The van der Waals surface area contributed by atoms with Crippen LogP contribution in [0.15, 0.2) is 24.3 Å². The van der Waals surface area contributed by atoms with Gasteiger partial charge in [0.2, 0.25) is 0 Å². The van der Waals surface area contributed by atoms with Gasteiger partial charge >= 0.3 is 0 Å². The summed E-state index contributed by atoms with van der Waals surface area (Å²) in [6, 6.07) is 7.40. The van der Waals surface area contributed by atoms with Crippen LogP contribution in [0.1, 0.15) is 17.0 Å². The molecule has 0 spiro atoms. The van der Waals surface area contributed by atoms with Gasteiger partial charge in [0, 0.05) is 11.8 Å². The summed E-state index contributed by atoms with van der Waals surface area (Å²) in [7, 11) is 0. The van der Waals surface area contributed by atoms with Gasteiger partial charge in [0.1, 0.15) is 0 Å². The lowest BCUT2D eigenvalue weighted by molar-refractivity contribution is -0.151. The average molecular weight is 249 g/mol. The van der Waals surface area contributed by atoms with Crippen LogP contribution in [-0.4, -0.2) is 10.3 Å². The van der Waals surface area contributed by atoms with Crippen LogP contribution < -0.4 is 0 Å². The second-order valence-electron chi connectivity index (χ2n) is 4.23. The largest absolute Gasteiger partial charge is 0.284 e. The van der Waals surface area contributed by atoms with Crippen LogP contribution >= 0.6 is 23.2 Å². The van der Waals surface area contributed by atoms with Crippen LogP contribution in [0.25, 0.3) is 0 Å². The third kappa shape index (κ3) is 0.974. The summed E-state index contributed by atoms with van der Waals surface area (Å²) >= 11 is 11.5. The minimum atomic E-state index is -2.97. The van der Waals surface area contributed by atoms with E-state index in [1.54, 1.807) is 0 Å². The lowest BCUT2D eigenvalue weighted by Gasteiger charge is -2.51. The zero-order valence-electron chi connectivity index (χ0n) is 7.68. The highest BCUT2D eigenvalue weighted by molar-refractivity contribution is 6.50. The molecule has 2 aliphatic rings. The van der Waals surface area contributed by atoms with E-state index in [9.17, 15) is 8.78 Å². The van der Waals surface area contributed by atoms with E-state index < -0.39 is 22.1 Å². The van der Waals surface area contributed by atoms with Crippen molar-refractivity contribution in [2.45, 2.75) is 22.6 Å². The first kappa shape index (κ1) is 9.86. The van der Waals surface area contributed by atoms with Gasteiger partial charge in [-0.15, -0.1) is 0 Å². The van der Waals surface area contributed by atoms with Crippen molar-refractivity contribution in [1.82, 2.24) is 0 Å². The third-order valence-electron chi connectivity index (χ3n) is 3.53. The summed E-state index contributed by atoms with van der Waals surface area (Å²) in [5.74, 6) is -4.10. The van der Waals surface area contributed by atoms with Crippen molar-refractivity contribution >= 4 is 23.2 Å². The van der Waals surface area contributed by atoms with E-state index in [0.717, 1.165) is 11.1 Å². The van der Waals surface area contributed by atoms with Crippen molar-refractivity contribution in [2.75, 3.05) is 0 Å². The quantitative estimate of drug-likeness (QED) is 0.614. The molecule has 80 valence electrons. The second-order valence-corrected chi connectivity index (χ2v) is 5.62. The second kappa shape index (κ2) is 2.67. The number of benzene rings is 1. The number of halogens is 4. The van der Waals surface area contributed by atoms with Gasteiger partial charge in [0.25, 0.3) is 5.92 Å². The zero-order chi connectivity index (χ0) is 10.8. The summed E-state index contributed by atoms with van der Waals surface area (Å²) in [6.45, 7) is 0. The first-order valence-electron chi connectivity index (χ1n) is 4.79. The summed E-state index contributed by atoms with van der Waals surface area (Å²) < 4.78 is 25.2. The van der Waals surface area contributed by atoms with Crippen molar-refractivity contribution in [3.05, 3.63) is 35.4 Å². The maximum absolute atomic E-state index is 13.6. The highest BCUT2D eigenvalue weighted by Gasteiger charge is 2.76. The molecular weight excluding hydrogens is 241 g/mol. The molecule has 0 N–H and O–H groups in total. The monoisotopic (exact) mass is 248 g/mol. The molecule has 0 radical (unpaired) electrons. The van der Waals surface area contributed by atoms with Crippen LogP contribution in [0.5, 0.6) is 0 Å². The van der Waals surface area contributed by atoms with E-state index in [-0.39, 0.29) is 0 Å². The highest BCUT2D eigenvalue weighted by atomic mass is 35.5. The molecular formula is C11H8Cl2F2. The van der Waals surface area contributed by atoms with E-state index in [4.69, 9.17) is 23.2 Å². The first-order valence-corrected chi connectivity index (χ1v) is 5.55. The molecule has 15 heavy (non-hydrogen) atoms. The van der Waals surface area contributed by atoms with Gasteiger partial charge in [0.05, 0.1) is 0 Å². The fourth-order valence-electron chi connectivity index (χ4n) is 2.74. The average Bonchev–Trinajstić information content (AvgIpc) is 2.55. The van der Waals surface area contributed by atoms with Crippen LogP contribution in [0.3, 0.4) is 0 Å². The van der Waals surface area contributed by atoms with Gasteiger partial charge in [-0.25, -0.2) is 8.78 Å². The molecule has 2 aliphatic carbocycles. The Kier molecular flexibility index (Phi) is 1.75. The van der Waals surface area contributed by atoms with Crippen LogP contribution in [0.2, 0.25) is 0 Å². The predicted octanol–water partition coefficient (Wildman–Crippen LogP) is 3.77. The number of hydrogen-bond acceptors (Lipinski definition) is 0. The molecule has 0 amide bonds. The number of rotatable bonds is 0. The molecule has 1 aromatic rings. The van der Waals surface area contributed by atoms with Gasteiger partial charge in [-0.1, -0.05) is 47.5 Å². The van der Waals surface area contributed by atoms with E-state index in [2.05, 4.69) is 0 Å². The van der Waals surface area contributed by atoms with Gasteiger partial charge in [-0.05, 0) is 17.5 Å². The normalized spacial score (nSPS) is 34.1. The molecule has 2 atom stereocenters. The molecule has 4 heteroatoms. The molecule has 1 fully saturated rings. The first-order chi connectivity index (χ1) is 6.96. The molecule has 0 saturated heterocycles. The highest BCUT2D eigenvalue weighted by Crippen LogP contribution is 2.70. The summed E-state index contributed by atoms with van der Waals surface area (Å²) in [5.41, 5.74) is 1.84. The maximum atomic E-state index is 13.6. The number of fused-ring (bicyclic) bond motifs is 3. The Morgan fingerprint density at radius 2 is 1.87 bits per heavy atom. The van der Waals surface area contributed by atoms with Crippen molar-refractivity contribution < 1.29 is 8.78 Å². The van der Waals surface area contributed by atoms with Crippen molar-refractivity contribution in [3.8, 4) is 0 Å². The molecule has 0 nitrogen and oxygen atoms in total. The molecule has 1 saturated carbocycles. The minimum Gasteiger partial charge on any atom is -0.203 e. The van der Waals surface area contributed by atoms with E-state index in [0.29, 0.717) is 6.42 Å². The zero-order valence-corrected chi connectivity index (χ0v) is 9.19. The fraction of sp³-hybridized carbons (Fsp3) is 0.455. The topological polar surface area (TPSA) is 0 Å². The molecule has 0 bridgehead atoms. The standard InChI is InChI=1S/C11H8Cl2F2/c12-10(13)9-7-4-2-1-3-6(7)5-8(9)11(10,14)15/h1-4,8-9H,5H2. The molecule has 2 unspecified atom stereocenters. The Labute approximate surface area is 96.2 Å². The van der Waals surface area contributed by atoms with Crippen LogP contribution in [0.4, 0.5) is 8.78 Å². The van der Waals surface area contributed by atoms with E-state index >= 15 is 0 Å². The van der Waals surface area contributed by atoms with Gasteiger partial charge in [0.15, 0.2) is 4.33 Å². The smallest absolute Gasteiger partial charge is 0.203 e. The molecule has 3 rings (SSSR count). The number of alkyl halides is 4. The SMILES string of the molecule is FC1(F)C2Cc3ccccc3C2C1(Cl)Cl. The Morgan fingerprint density at radius 3 is 2.60 bits per heavy atom. The Morgan fingerprint density at radius 1 is 1.20 bits per heavy atom. The summed E-state index contributed by atoms with van der Waals surface area (Å²) in [5, 5.41) is 0. The predicted molar refractivity (Wildman–Crippen MR) is 55.8 cm³/mol. The lowest BCUT2D eigenvalue weighted by atomic mass is 9.69. The number of hydrogen-bond donors (Lipinski definition) is 0. The van der Waals surface area contributed by atoms with Crippen LogP contribution in [0, 0.1) is 5.92 Å². The fourth-order valence-corrected chi connectivity index (χ4v) is 3.56. The Balaban J connectivity index is 2.11. The summed E-state index contributed by atoms with van der Waals surface area (Å²) in [4.78, 5) is 0. The Hall–Kier alpha value is -0.340. The van der Waals surface area contributed by atoms with Gasteiger partial charge in [-0.3, -0.25) is 0 Å². The molecule has 0 aromatic heterocycles. The van der Waals surface area contributed by atoms with Crippen molar-refractivity contribution in [2.24, 2.45) is 5.92 Å². The lowest BCUT2D eigenvalue weighted by Crippen LogP contribution is -2.62. The van der Waals surface area contributed by atoms with Crippen molar-refractivity contribution in [1.29, 1.82) is 0 Å². The van der Waals surface area contributed by atoms with Crippen LogP contribution in [-0.2, 0) is 6.42 Å². The molecule has 1 aromatic carbocycles. The maximum Gasteiger partial charge on any atom is 0.284 e. The molecule has 0 aliphatic heterocycles. The van der Waals surface area contributed by atoms with Gasteiger partial charge < -0.3 is 0 Å². The van der Waals surface area contributed by atoms with E-state index in [1.165, 1.54) is 0 Å². The van der Waals surface area contributed by atoms with Gasteiger partial charge in [-0.2, -0.15) is 0 Å². The summed E-state index contributed by atoms with van der Waals surface area (Å²) in [6.07, 6.45) is 0.384. The Bertz CT molecular complexity index is 428.